The minimum atomic E-state index is -2.67. The van der Waals surface area contributed by atoms with Crippen LogP contribution in [0.4, 0.5) is 8.78 Å². The molecule has 0 radical (unpaired) electrons. The molecule has 3 rings (SSSR count). The van der Waals surface area contributed by atoms with Crippen molar-refractivity contribution >= 4 is 0 Å². The molecule has 1 aliphatic carbocycles. The number of aromatic nitrogens is 1. The number of rotatable bonds is 2. The van der Waals surface area contributed by atoms with Gasteiger partial charge in [0.05, 0.1) is 6.20 Å². The summed E-state index contributed by atoms with van der Waals surface area (Å²) in [5, 5.41) is 0. The molecule has 0 aliphatic heterocycles. The third-order valence-corrected chi connectivity index (χ3v) is 3.26. The first-order chi connectivity index (χ1) is 8.10. The molecule has 0 amide bonds. The van der Waals surface area contributed by atoms with E-state index in [0.717, 1.165) is 5.56 Å². The molecule has 0 spiro atoms. The lowest BCUT2D eigenvalue weighted by Crippen LogP contribution is -1.93. The number of benzene rings is 1. The maximum Gasteiger partial charge on any atom is 0.263 e. The molecule has 2 aromatic rings. The van der Waals surface area contributed by atoms with Gasteiger partial charge in [-0.2, -0.15) is 0 Å². The Kier molecular flexibility index (Phi) is 2.08. The molecule has 2 unspecified atom stereocenters. The Balaban J connectivity index is 1.90. The number of halogens is 2. The van der Waals surface area contributed by atoms with Gasteiger partial charge in [-0.15, -0.1) is 0 Å². The largest absolute Gasteiger partial charge is 0.440 e. The van der Waals surface area contributed by atoms with Gasteiger partial charge >= 0.3 is 0 Å². The van der Waals surface area contributed by atoms with Gasteiger partial charge in [0.15, 0.2) is 5.76 Å². The average Bonchev–Trinajstić information content (AvgIpc) is 2.72. The van der Waals surface area contributed by atoms with Crippen LogP contribution >= 0.6 is 0 Å². The van der Waals surface area contributed by atoms with Crippen molar-refractivity contribution in [3.63, 3.8) is 0 Å². The van der Waals surface area contributed by atoms with Gasteiger partial charge in [0.25, 0.3) is 5.92 Å². The fourth-order valence-electron chi connectivity index (χ4n) is 2.03. The van der Waals surface area contributed by atoms with E-state index < -0.39 is 17.8 Å². The molecule has 17 heavy (non-hydrogen) atoms. The van der Waals surface area contributed by atoms with Crippen molar-refractivity contribution in [1.29, 1.82) is 0 Å². The summed E-state index contributed by atoms with van der Waals surface area (Å²) in [6.07, 6.45) is 1.51. The Morgan fingerprint density at radius 3 is 2.47 bits per heavy atom. The second kappa shape index (κ2) is 3.39. The minimum absolute atomic E-state index is 0.140. The Morgan fingerprint density at radius 2 is 1.88 bits per heavy atom. The molecule has 0 N–H and O–H groups in total. The molecule has 0 saturated heterocycles. The first-order valence-corrected chi connectivity index (χ1v) is 5.49. The summed E-state index contributed by atoms with van der Waals surface area (Å²) in [4.78, 5) is 3.95. The lowest BCUT2D eigenvalue weighted by Gasteiger charge is -1.94. The summed E-state index contributed by atoms with van der Waals surface area (Å²) in [5.74, 6) is -3.53. The number of alkyl halides is 2. The normalized spacial score (nSPS) is 25.8. The van der Waals surface area contributed by atoms with Gasteiger partial charge in [-0.25, -0.2) is 13.8 Å². The van der Waals surface area contributed by atoms with E-state index in [1.54, 1.807) is 0 Å². The third kappa shape index (κ3) is 1.55. The summed E-state index contributed by atoms with van der Waals surface area (Å²) in [6.45, 7) is 1.51. The van der Waals surface area contributed by atoms with E-state index in [2.05, 4.69) is 4.98 Å². The van der Waals surface area contributed by atoms with E-state index in [9.17, 15) is 8.78 Å². The fourth-order valence-corrected chi connectivity index (χ4v) is 2.03. The molecule has 1 heterocycles. The first kappa shape index (κ1) is 10.4. The van der Waals surface area contributed by atoms with Crippen molar-refractivity contribution in [1.82, 2.24) is 4.98 Å². The molecule has 2 atom stereocenters. The zero-order valence-corrected chi connectivity index (χ0v) is 9.23. The molecule has 1 aromatic heterocycles. The van der Waals surface area contributed by atoms with Crippen molar-refractivity contribution in [3.05, 3.63) is 42.4 Å². The quantitative estimate of drug-likeness (QED) is 0.793. The van der Waals surface area contributed by atoms with E-state index in [1.165, 1.54) is 13.1 Å². The molecule has 4 heteroatoms. The smallest absolute Gasteiger partial charge is 0.263 e. The molecule has 1 aromatic carbocycles. The third-order valence-electron chi connectivity index (χ3n) is 3.26. The van der Waals surface area contributed by atoms with Crippen LogP contribution in [0.3, 0.4) is 0 Å². The Hall–Kier alpha value is -1.71. The average molecular weight is 235 g/mol. The highest BCUT2D eigenvalue weighted by molar-refractivity contribution is 5.56. The molecule has 1 aliphatic rings. The Labute approximate surface area is 97.3 Å². The molecule has 1 fully saturated rings. The lowest BCUT2D eigenvalue weighted by atomic mass is 10.2. The van der Waals surface area contributed by atoms with E-state index in [1.807, 2.05) is 30.3 Å². The van der Waals surface area contributed by atoms with Gasteiger partial charge in [0, 0.05) is 11.5 Å². The standard InChI is InChI=1S/C13H11F2NO/c1-8-11(13(8,14)15)12-16-7-10(17-12)9-5-3-2-4-6-9/h2-8,11H,1H3. The van der Waals surface area contributed by atoms with Crippen LogP contribution in [-0.2, 0) is 0 Å². The van der Waals surface area contributed by atoms with E-state index in [-0.39, 0.29) is 5.89 Å². The van der Waals surface area contributed by atoms with Crippen molar-refractivity contribution in [2.75, 3.05) is 0 Å². The van der Waals surface area contributed by atoms with E-state index >= 15 is 0 Å². The van der Waals surface area contributed by atoms with Gasteiger partial charge in [-0.05, 0) is 0 Å². The van der Waals surface area contributed by atoms with Crippen LogP contribution in [0.15, 0.2) is 40.9 Å². The highest BCUT2D eigenvalue weighted by atomic mass is 19.3. The van der Waals surface area contributed by atoms with Crippen LogP contribution in [0.25, 0.3) is 11.3 Å². The second-order valence-electron chi connectivity index (χ2n) is 4.37. The van der Waals surface area contributed by atoms with Crippen LogP contribution in [0.5, 0.6) is 0 Å². The van der Waals surface area contributed by atoms with Crippen molar-refractivity contribution in [2.24, 2.45) is 5.92 Å². The molecule has 1 saturated carbocycles. The zero-order chi connectivity index (χ0) is 12.0. The van der Waals surface area contributed by atoms with Crippen LogP contribution in [0.2, 0.25) is 0 Å². The number of hydrogen-bond acceptors (Lipinski definition) is 2. The van der Waals surface area contributed by atoms with Gasteiger partial charge in [-0.3, -0.25) is 0 Å². The van der Waals surface area contributed by atoms with Gasteiger partial charge in [-0.1, -0.05) is 37.3 Å². The zero-order valence-electron chi connectivity index (χ0n) is 9.23. The highest BCUT2D eigenvalue weighted by Gasteiger charge is 2.68. The summed E-state index contributed by atoms with van der Waals surface area (Å²) < 4.78 is 31.8. The highest BCUT2D eigenvalue weighted by Crippen LogP contribution is 2.61. The first-order valence-electron chi connectivity index (χ1n) is 5.49. The number of hydrogen-bond donors (Lipinski definition) is 0. The predicted octanol–water partition coefficient (Wildman–Crippen LogP) is 3.71. The molecular formula is C13H11F2NO. The second-order valence-corrected chi connectivity index (χ2v) is 4.37. The summed E-state index contributed by atoms with van der Waals surface area (Å²) in [7, 11) is 0. The van der Waals surface area contributed by atoms with Crippen molar-refractivity contribution in [2.45, 2.75) is 18.8 Å². The van der Waals surface area contributed by atoms with Crippen LogP contribution in [0.1, 0.15) is 18.7 Å². The Bertz CT molecular complexity index is 535. The molecule has 2 nitrogen and oxygen atoms in total. The lowest BCUT2D eigenvalue weighted by molar-refractivity contribution is 0.0934. The SMILES string of the molecule is CC1C(c2ncc(-c3ccccc3)o2)C1(F)F. The van der Waals surface area contributed by atoms with E-state index in [4.69, 9.17) is 4.42 Å². The fraction of sp³-hybridized carbons (Fsp3) is 0.308. The number of oxazole rings is 1. The monoisotopic (exact) mass is 235 g/mol. The van der Waals surface area contributed by atoms with Crippen molar-refractivity contribution in [3.8, 4) is 11.3 Å². The van der Waals surface area contributed by atoms with Crippen molar-refractivity contribution < 1.29 is 13.2 Å². The topological polar surface area (TPSA) is 26.0 Å². The summed E-state index contributed by atoms with van der Waals surface area (Å²) in [6, 6.07) is 9.34. The predicted molar refractivity (Wildman–Crippen MR) is 58.8 cm³/mol. The van der Waals surface area contributed by atoms with Gasteiger partial charge in [0.1, 0.15) is 5.92 Å². The number of nitrogens with zero attached hydrogens (tertiary/aromatic N) is 1. The summed E-state index contributed by atoms with van der Waals surface area (Å²) >= 11 is 0. The van der Waals surface area contributed by atoms with Crippen LogP contribution in [0, 0.1) is 5.92 Å². The maximum atomic E-state index is 13.2. The maximum absolute atomic E-state index is 13.2. The summed E-state index contributed by atoms with van der Waals surface area (Å²) in [5.41, 5.74) is 0.850. The van der Waals surface area contributed by atoms with Gasteiger partial charge in [0.2, 0.25) is 5.89 Å². The molecule has 0 bridgehead atoms. The molecule has 88 valence electrons. The van der Waals surface area contributed by atoms with Crippen LogP contribution in [-0.4, -0.2) is 10.9 Å². The van der Waals surface area contributed by atoms with E-state index in [0.29, 0.717) is 5.76 Å². The minimum Gasteiger partial charge on any atom is -0.440 e. The van der Waals surface area contributed by atoms with Gasteiger partial charge < -0.3 is 4.42 Å². The van der Waals surface area contributed by atoms with Crippen LogP contribution < -0.4 is 0 Å². The Morgan fingerprint density at radius 1 is 1.24 bits per heavy atom. The molecular weight excluding hydrogens is 224 g/mol.